The zero-order valence-electron chi connectivity index (χ0n) is 14.5. The number of hydrogen-bond acceptors (Lipinski definition) is 3. The zero-order chi connectivity index (χ0) is 17.8. The van der Waals surface area contributed by atoms with Crippen LogP contribution < -0.4 is 9.47 Å². The molecule has 3 rings (SSSR count). The van der Waals surface area contributed by atoms with E-state index in [1.165, 1.54) is 0 Å². The van der Waals surface area contributed by atoms with Crippen LogP contribution in [0, 0.1) is 0 Å². The van der Waals surface area contributed by atoms with Crippen molar-refractivity contribution in [1.82, 2.24) is 4.90 Å². The summed E-state index contributed by atoms with van der Waals surface area (Å²) in [4.78, 5) is 14.5. The molecule has 0 aromatic heterocycles. The van der Waals surface area contributed by atoms with Gasteiger partial charge in [-0.15, -0.1) is 0 Å². The van der Waals surface area contributed by atoms with Crippen LogP contribution in [0.15, 0.2) is 42.5 Å². The van der Waals surface area contributed by atoms with E-state index < -0.39 is 0 Å². The van der Waals surface area contributed by atoms with Crippen LogP contribution in [0.2, 0.25) is 5.02 Å². The number of nitrogens with zero attached hydrogens (tertiary/aromatic N) is 1. The predicted molar refractivity (Wildman–Crippen MR) is 98.1 cm³/mol. The lowest BCUT2D eigenvalue weighted by atomic mass is 9.94. The Balaban J connectivity index is 1.89. The Bertz CT molecular complexity index is 745. The number of methoxy groups -OCH3 is 2. The molecule has 0 spiro atoms. The fraction of sp³-hybridized carbons (Fsp3) is 0.350. The SMILES string of the molecule is COc1ccc(CN2C(=O)CCCC2c2ccc(Cl)cc2)c(OC)c1. The number of amides is 1. The van der Waals surface area contributed by atoms with Gasteiger partial charge in [0, 0.05) is 29.6 Å². The highest BCUT2D eigenvalue weighted by molar-refractivity contribution is 6.30. The molecule has 1 fully saturated rings. The molecule has 0 N–H and O–H groups in total. The van der Waals surface area contributed by atoms with Gasteiger partial charge in [0.15, 0.2) is 0 Å². The van der Waals surface area contributed by atoms with Gasteiger partial charge in [0.1, 0.15) is 11.5 Å². The molecule has 1 atom stereocenters. The average molecular weight is 360 g/mol. The van der Waals surface area contributed by atoms with Crippen molar-refractivity contribution < 1.29 is 14.3 Å². The Kier molecular flexibility index (Phi) is 5.49. The van der Waals surface area contributed by atoms with Crippen LogP contribution in [0.5, 0.6) is 11.5 Å². The Hall–Kier alpha value is -2.20. The lowest BCUT2D eigenvalue weighted by Gasteiger charge is -2.36. The van der Waals surface area contributed by atoms with Gasteiger partial charge < -0.3 is 14.4 Å². The smallest absolute Gasteiger partial charge is 0.223 e. The average Bonchev–Trinajstić information content (AvgIpc) is 2.64. The summed E-state index contributed by atoms with van der Waals surface area (Å²) in [5.41, 5.74) is 2.09. The third kappa shape index (κ3) is 3.90. The van der Waals surface area contributed by atoms with Gasteiger partial charge >= 0.3 is 0 Å². The molecule has 1 aliphatic rings. The summed E-state index contributed by atoms with van der Waals surface area (Å²) in [6.07, 6.45) is 2.44. The van der Waals surface area contributed by atoms with E-state index in [4.69, 9.17) is 21.1 Å². The highest BCUT2D eigenvalue weighted by Gasteiger charge is 2.29. The third-order valence-electron chi connectivity index (χ3n) is 4.65. The highest BCUT2D eigenvalue weighted by atomic mass is 35.5. The van der Waals surface area contributed by atoms with E-state index in [0.717, 1.165) is 35.5 Å². The highest BCUT2D eigenvalue weighted by Crippen LogP contribution is 2.35. The molecule has 0 saturated carbocycles. The van der Waals surface area contributed by atoms with Crippen LogP contribution >= 0.6 is 11.6 Å². The largest absolute Gasteiger partial charge is 0.497 e. The number of rotatable bonds is 5. The summed E-state index contributed by atoms with van der Waals surface area (Å²) in [5.74, 6) is 1.64. The molecule has 1 amide bonds. The maximum atomic E-state index is 12.6. The minimum Gasteiger partial charge on any atom is -0.497 e. The predicted octanol–water partition coefficient (Wildman–Crippen LogP) is 4.61. The fourth-order valence-electron chi connectivity index (χ4n) is 3.32. The molecule has 2 aromatic rings. The van der Waals surface area contributed by atoms with Crippen LogP contribution in [0.1, 0.15) is 36.4 Å². The van der Waals surface area contributed by atoms with Crippen LogP contribution in [-0.4, -0.2) is 25.0 Å². The van der Waals surface area contributed by atoms with E-state index in [-0.39, 0.29) is 11.9 Å². The van der Waals surface area contributed by atoms with Gasteiger partial charge in [-0.25, -0.2) is 0 Å². The molecule has 132 valence electrons. The first-order valence-corrected chi connectivity index (χ1v) is 8.76. The summed E-state index contributed by atoms with van der Waals surface area (Å²) in [5, 5.41) is 0.703. The van der Waals surface area contributed by atoms with E-state index in [1.807, 2.05) is 47.4 Å². The molecular weight excluding hydrogens is 338 g/mol. The topological polar surface area (TPSA) is 38.8 Å². The van der Waals surface area contributed by atoms with E-state index in [9.17, 15) is 4.79 Å². The monoisotopic (exact) mass is 359 g/mol. The second-order valence-electron chi connectivity index (χ2n) is 6.16. The summed E-state index contributed by atoms with van der Waals surface area (Å²) in [6.45, 7) is 0.513. The van der Waals surface area contributed by atoms with Crippen LogP contribution in [0.4, 0.5) is 0 Å². The number of halogens is 1. The van der Waals surface area contributed by atoms with Gasteiger partial charge in [-0.3, -0.25) is 4.79 Å². The van der Waals surface area contributed by atoms with Crippen LogP contribution in [0.25, 0.3) is 0 Å². The number of likely N-dealkylation sites (tertiary alicyclic amines) is 1. The van der Waals surface area contributed by atoms with Crippen LogP contribution in [0.3, 0.4) is 0 Å². The van der Waals surface area contributed by atoms with Crippen molar-refractivity contribution in [1.29, 1.82) is 0 Å². The van der Waals surface area contributed by atoms with Gasteiger partial charge in [-0.2, -0.15) is 0 Å². The Morgan fingerprint density at radius 1 is 1.12 bits per heavy atom. The summed E-state index contributed by atoms with van der Waals surface area (Å²) >= 11 is 6.00. The van der Waals surface area contributed by atoms with Crippen molar-refractivity contribution in [2.24, 2.45) is 0 Å². The minimum absolute atomic E-state index is 0.0605. The zero-order valence-corrected chi connectivity index (χ0v) is 15.3. The lowest BCUT2D eigenvalue weighted by molar-refractivity contribution is -0.137. The molecule has 1 aliphatic heterocycles. The Labute approximate surface area is 153 Å². The maximum Gasteiger partial charge on any atom is 0.223 e. The van der Waals surface area contributed by atoms with Gasteiger partial charge in [-0.05, 0) is 42.7 Å². The molecule has 0 bridgehead atoms. The molecule has 25 heavy (non-hydrogen) atoms. The maximum absolute atomic E-state index is 12.6. The standard InChI is InChI=1S/C20H22ClNO3/c1-24-17-11-8-15(19(12-17)25-2)13-22-18(4-3-5-20(22)23)14-6-9-16(21)10-7-14/h6-12,18H,3-5,13H2,1-2H3. The molecule has 1 saturated heterocycles. The van der Waals surface area contributed by atoms with E-state index in [0.29, 0.717) is 18.0 Å². The van der Waals surface area contributed by atoms with Crippen molar-refractivity contribution >= 4 is 17.5 Å². The van der Waals surface area contributed by atoms with Crippen LogP contribution in [-0.2, 0) is 11.3 Å². The number of carbonyl (C=O) groups is 1. The molecule has 0 aliphatic carbocycles. The summed E-state index contributed by atoms with van der Waals surface area (Å²) in [7, 11) is 3.26. The fourth-order valence-corrected chi connectivity index (χ4v) is 3.44. The number of carbonyl (C=O) groups excluding carboxylic acids is 1. The second-order valence-corrected chi connectivity index (χ2v) is 6.60. The minimum atomic E-state index is 0.0605. The van der Waals surface area contributed by atoms with Crippen molar-refractivity contribution in [2.75, 3.05) is 14.2 Å². The Morgan fingerprint density at radius 2 is 1.88 bits per heavy atom. The molecule has 2 aromatic carbocycles. The van der Waals surface area contributed by atoms with E-state index >= 15 is 0 Å². The normalized spacial score (nSPS) is 17.5. The quantitative estimate of drug-likeness (QED) is 0.782. The first kappa shape index (κ1) is 17.6. The first-order chi connectivity index (χ1) is 12.1. The van der Waals surface area contributed by atoms with Crippen molar-refractivity contribution in [2.45, 2.75) is 31.8 Å². The van der Waals surface area contributed by atoms with Crippen molar-refractivity contribution in [3.05, 3.63) is 58.6 Å². The van der Waals surface area contributed by atoms with Gasteiger partial charge in [0.2, 0.25) is 5.91 Å². The van der Waals surface area contributed by atoms with Crippen molar-refractivity contribution in [3.8, 4) is 11.5 Å². The second kappa shape index (κ2) is 7.79. The molecule has 0 radical (unpaired) electrons. The summed E-state index contributed by atoms with van der Waals surface area (Å²) in [6, 6.07) is 13.5. The van der Waals surface area contributed by atoms with Gasteiger partial charge in [-0.1, -0.05) is 23.7 Å². The molecule has 1 unspecified atom stereocenters. The van der Waals surface area contributed by atoms with E-state index in [1.54, 1.807) is 14.2 Å². The third-order valence-corrected chi connectivity index (χ3v) is 4.91. The first-order valence-electron chi connectivity index (χ1n) is 8.38. The molecule has 4 nitrogen and oxygen atoms in total. The Morgan fingerprint density at radius 3 is 2.56 bits per heavy atom. The summed E-state index contributed by atoms with van der Waals surface area (Å²) < 4.78 is 10.7. The number of ether oxygens (including phenoxy) is 2. The van der Waals surface area contributed by atoms with Gasteiger partial charge in [0.05, 0.1) is 20.3 Å². The van der Waals surface area contributed by atoms with Gasteiger partial charge in [0.25, 0.3) is 0 Å². The van der Waals surface area contributed by atoms with E-state index in [2.05, 4.69) is 0 Å². The molecule has 5 heteroatoms. The number of benzene rings is 2. The molecule has 1 heterocycles. The lowest BCUT2D eigenvalue weighted by Crippen LogP contribution is -2.37. The number of piperidine rings is 1. The number of hydrogen-bond donors (Lipinski definition) is 0. The van der Waals surface area contributed by atoms with Crippen molar-refractivity contribution in [3.63, 3.8) is 0 Å². The molecular formula is C20H22ClNO3.